The molecule has 7 nitrogen and oxygen atoms in total. The highest BCUT2D eigenvalue weighted by molar-refractivity contribution is 5.85. The molecule has 0 spiro atoms. The number of methoxy groups -OCH3 is 1. The van der Waals surface area contributed by atoms with Crippen LogP contribution >= 0.6 is 0 Å². The van der Waals surface area contributed by atoms with Gasteiger partial charge in [-0.2, -0.15) is 5.26 Å². The summed E-state index contributed by atoms with van der Waals surface area (Å²) in [5.74, 6) is 1.73. The number of nitriles is 1. The van der Waals surface area contributed by atoms with Crippen molar-refractivity contribution in [2.75, 3.05) is 7.11 Å². The van der Waals surface area contributed by atoms with Crippen molar-refractivity contribution < 1.29 is 9.47 Å². The second-order valence-electron chi connectivity index (χ2n) is 5.34. The average molecular weight is 331 g/mol. The Bertz CT molecular complexity index is 1110. The number of fused-ring (bicyclic) bond motifs is 2. The number of nitrogens with zero attached hydrogens (tertiary/aromatic N) is 5. The van der Waals surface area contributed by atoms with Crippen molar-refractivity contribution in [1.29, 1.82) is 5.26 Å². The van der Waals surface area contributed by atoms with Gasteiger partial charge in [0.1, 0.15) is 18.4 Å². The quantitative estimate of drug-likeness (QED) is 0.571. The van der Waals surface area contributed by atoms with Crippen molar-refractivity contribution in [3.63, 3.8) is 0 Å². The first-order valence-electron chi connectivity index (χ1n) is 7.59. The lowest BCUT2D eigenvalue weighted by atomic mass is 10.2. The van der Waals surface area contributed by atoms with E-state index in [4.69, 9.17) is 14.7 Å². The first kappa shape index (κ1) is 14.9. The number of hydrogen-bond acceptors (Lipinski definition) is 6. The summed E-state index contributed by atoms with van der Waals surface area (Å²) in [6.07, 6.45) is 1.69. The highest BCUT2D eigenvalue weighted by Crippen LogP contribution is 2.28. The zero-order valence-corrected chi connectivity index (χ0v) is 13.4. The van der Waals surface area contributed by atoms with E-state index >= 15 is 0 Å². The lowest BCUT2D eigenvalue weighted by Gasteiger charge is -2.10. The van der Waals surface area contributed by atoms with E-state index in [0.29, 0.717) is 28.7 Å². The van der Waals surface area contributed by atoms with E-state index < -0.39 is 0 Å². The van der Waals surface area contributed by atoms with Crippen molar-refractivity contribution in [1.82, 2.24) is 19.6 Å². The summed E-state index contributed by atoms with van der Waals surface area (Å²) in [4.78, 5) is 4.40. The molecule has 0 aliphatic heterocycles. The molecule has 122 valence electrons. The van der Waals surface area contributed by atoms with Crippen LogP contribution in [-0.2, 0) is 6.61 Å². The third kappa shape index (κ3) is 2.70. The monoisotopic (exact) mass is 331 g/mol. The molecule has 0 aliphatic rings. The number of hydrogen-bond donors (Lipinski definition) is 0. The van der Waals surface area contributed by atoms with Crippen LogP contribution in [0, 0.1) is 11.3 Å². The van der Waals surface area contributed by atoms with E-state index in [1.807, 2.05) is 24.3 Å². The van der Waals surface area contributed by atoms with E-state index in [-0.39, 0.29) is 6.61 Å². The van der Waals surface area contributed by atoms with Gasteiger partial charge in [-0.25, -0.2) is 4.98 Å². The summed E-state index contributed by atoms with van der Waals surface area (Å²) in [5, 5.41) is 18.2. The maximum atomic E-state index is 9.05. The van der Waals surface area contributed by atoms with Crippen molar-refractivity contribution in [2.24, 2.45) is 0 Å². The molecule has 0 fully saturated rings. The Morgan fingerprint density at radius 1 is 1.16 bits per heavy atom. The summed E-state index contributed by atoms with van der Waals surface area (Å²) < 4.78 is 13.0. The molecule has 0 radical (unpaired) electrons. The number of pyridine rings is 2. The fraction of sp³-hybridized carbons (Fsp3) is 0.111. The Morgan fingerprint density at radius 2 is 2.04 bits per heavy atom. The number of aromatic nitrogens is 4. The predicted octanol–water partition coefficient (Wildman–Crippen LogP) is 2.74. The Kier molecular flexibility index (Phi) is 3.63. The largest absolute Gasteiger partial charge is 0.485 e. The predicted molar refractivity (Wildman–Crippen MR) is 90.3 cm³/mol. The molecular formula is C18H13N5O2. The average Bonchev–Trinajstić information content (AvgIpc) is 3.07. The van der Waals surface area contributed by atoms with Gasteiger partial charge in [-0.1, -0.05) is 12.1 Å². The van der Waals surface area contributed by atoms with E-state index in [9.17, 15) is 0 Å². The maximum Gasteiger partial charge on any atom is 0.217 e. The Balaban J connectivity index is 1.70. The maximum absolute atomic E-state index is 9.05. The summed E-state index contributed by atoms with van der Waals surface area (Å²) in [6.45, 7) is 0.202. The van der Waals surface area contributed by atoms with E-state index in [1.54, 1.807) is 35.9 Å². The highest BCUT2D eigenvalue weighted by Gasteiger charge is 2.11. The smallest absolute Gasteiger partial charge is 0.217 e. The molecule has 1 aromatic carbocycles. The summed E-state index contributed by atoms with van der Waals surface area (Å²) in [7, 11) is 1.57. The minimum atomic E-state index is 0.202. The Hall–Kier alpha value is -3.66. The minimum Gasteiger partial charge on any atom is -0.485 e. The molecule has 25 heavy (non-hydrogen) atoms. The summed E-state index contributed by atoms with van der Waals surface area (Å²) in [5.41, 5.74) is 1.98. The fourth-order valence-corrected chi connectivity index (χ4v) is 2.59. The molecule has 0 bridgehead atoms. The van der Waals surface area contributed by atoms with E-state index in [0.717, 1.165) is 10.9 Å². The van der Waals surface area contributed by atoms with Gasteiger partial charge in [0, 0.05) is 17.6 Å². The third-order valence-corrected chi connectivity index (χ3v) is 3.82. The number of benzene rings is 1. The zero-order valence-electron chi connectivity index (χ0n) is 13.4. The molecule has 7 heteroatoms. The topological polar surface area (TPSA) is 85.3 Å². The molecule has 4 rings (SSSR count). The van der Waals surface area contributed by atoms with E-state index in [1.165, 1.54) is 0 Å². The number of para-hydroxylation sites is 1. The van der Waals surface area contributed by atoms with Crippen molar-refractivity contribution in [3.8, 4) is 17.7 Å². The van der Waals surface area contributed by atoms with Crippen LogP contribution in [0.2, 0.25) is 0 Å². The number of ether oxygens (including phenoxy) is 2. The van der Waals surface area contributed by atoms with Gasteiger partial charge in [0.05, 0.1) is 18.2 Å². The van der Waals surface area contributed by atoms with Gasteiger partial charge >= 0.3 is 0 Å². The standard InChI is InChI=1S/C18H13N5O2/c1-24-18-8-15(13-4-2-3-5-14(13)20-18)25-11-17-22-21-16-7-6-12(9-19)10-23(16)17/h2-8,10H,11H2,1H3. The summed E-state index contributed by atoms with van der Waals surface area (Å²) >= 11 is 0. The first-order chi connectivity index (χ1) is 12.3. The molecule has 0 unspecified atom stereocenters. The van der Waals surface area contributed by atoms with Gasteiger partial charge in [-0.05, 0) is 24.3 Å². The zero-order chi connectivity index (χ0) is 17.2. The van der Waals surface area contributed by atoms with Crippen LogP contribution < -0.4 is 9.47 Å². The molecule has 0 saturated carbocycles. The van der Waals surface area contributed by atoms with E-state index in [2.05, 4.69) is 21.3 Å². The van der Waals surface area contributed by atoms with Crippen molar-refractivity contribution in [3.05, 3.63) is 60.0 Å². The van der Waals surface area contributed by atoms with Crippen molar-refractivity contribution >= 4 is 16.6 Å². The van der Waals surface area contributed by atoms with Gasteiger partial charge in [-0.3, -0.25) is 4.40 Å². The molecular weight excluding hydrogens is 318 g/mol. The third-order valence-electron chi connectivity index (χ3n) is 3.82. The number of rotatable bonds is 4. The summed E-state index contributed by atoms with van der Waals surface area (Å²) in [6, 6.07) is 15.0. The van der Waals surface area contributed by atoms with Crippen LogP contribution in [0.5, 0.6) is 11.6 Å². The van der Waals surface area contributed by atoms with Gasteiger partial charge in [-0.15, -0.1) is 10.2 Å². The molecule has 4 aromatic rings. The molecule has 0 atom stereocenters. The molecule has 3 heterocycles. The second-order valence-corrected chi connectivity index (χ2v) is 5.34. The molecule has 0 saturated heterocycles. The molecule has 3 aromatic heterocycles. The lowest BCUT2D eigenvalue weighted by molar-refractivity contribution is 0.295. The van der Waals surface area contributed by atoms with Crippen LogP contribution in [0.4, 0.5) is 0 Å². The van der Waals surface area contributed by atoms with Crippen LogP contribution in [-0.4, -0.2) is 26.7 Å². The van der Waals surface area contributed by atoms with Crippen LogP contribution in [0.15, 0.2) is 48.7 Å². The lowest BCUT2D eigenvalue weighted by Crippen LogP contribution is -2.03. The normalized spacial score (nSPS) is 10.7. The van der Waals surface area contributed by atoms with Gasteiger partial charge in [0.15, 0.2) is 11.5 Å². The van der Waals surface area contributed by atoms with Gasteiger partial charge in [0.2, 0.25) is 5.88 Å². The fourth-order valence-electron chi connectivity index (χ4n) is 2.59. The molecule has 0 aliphatic carbocycles. The van der Waals surface area contributed by atoms with Gasteiger partial charge < -0.3 is 9.47 Å². The SMILES string of the molecule is COc1cc(OCc2nnc3ccc(C#N)cn23)c2ccccc2n1. The first-order valence-corrected chi connectivity index (χ1v) is 7.59. The van der Waals surface area contributed by atoms with Crippen LogP contribution in [0.1, 0.15) is 11.4 Å². The molecule has 0 N–H and O–H groups in total. The second kappa shape index (κ2) is 6.09. The van der Waals surface area contributed by atoms with Gasteiger partial charge in [0.25, 0.3) is 0 Å². The Morgan fingerprint density at radius 3 is 2.88 bits per heavy atom. The highest BCUT2D eigenvalue weighted by atomic mass is 16.5. The Labute approximate surface area is 143 Å². The molecule has 0 amide bonds. The van der Waals surface area contributed by atoms with Crippen molar-refractivity contribution in [2.45, 2.75) is 6.61 Å². The van der Waals surface area contributed by atoms with Crippen LogP contribution in [0.3, 0.4) is 0 Å². The van der Waals surface area contributed by atoms with Crippen LogP contribution in [0.25, 0.3) is 16.6 Å². The minimum absolute atomic E-state index is 0.202.